The second-order valence-electron chi connectivity index (χ2n) is 5.19. The summed E-state index contributed by atoms with van der Waals surface area (Å²) >= 11 is 6.17. The molecule has 0 saturated carbocycles. The number of methoxy groups -OCH3 is 1. The molecule has 0 radical (unpaired) electrons. The van der Waals surface area contributed by atoms with E-state index in [1.54, 1.807) is 4.68 Å². The lowest BCUT2D eigenvalue weighted by atomic mass is 9.98. The van der Waals surface area contributed by atoms with Gasteiger partial charge in [-0.05, 0) is 12.8 Å². The van der Waals surface area contributed by atoms with Crippen LogP contribution < -0.4 is 10.1 Å². The Kier molecular flexibility index (Phi) is 4.44. The van der Waals surface area contributed by atoms with E-state index in [-0.39, 0.29) is 18.2 Å². The molecule has 3 heterocycles. The van der Waals surface area contributed by atoms with E-state index >= 15 is 0 Å². The molecule has 0 aromatic carbocycles. The third-order valence-corrected chi connectivity index (χ3v) is 3.88. The van der Waals surface area contributed by atoms with Crippen LogP contribution in [0.5, 0.6) is 6.01 Å². The van der Waals surface area contributed by atoms with Gasteiger partial charge in [0.1, 0.15) is 11.1 Å². The van der Waals surface area contributed by atoms with Crippen LogP contribution in [0.3, 0.4) is 0 Å². The van der Waals surface area contributed by atoms with E-state index in [0.29, 0.717) is 10.8 Å². The van der Waals surface area contributed by atoms with Crippen LogP contribution in [-0.2, 0) is 11.8 Å². The van der Waals surface area contributed by atoms with Crippen molar-refractivity contribution >= 4 is 17.4 Å². The zero-order chi connectivity index (χ0) is 15.5. The quantitative estimate of drug-likeness (QED) is 0.930. The third-order valence-electron chi connectivity index (χ3n) is 3.60. The third kappa shape index (κ3) is 3.15. The molecule has 22 heavy (non-hydrogen) atoms. The number of nitrogens with one attached hydrogen (secondary N) is 1. The molecule has 0 spiro atoms. The number of aryl methyl sites for hydroxylation is 1. The van der Waals surface area contributed by atoms with Gasteiger partial charge in [-0.3, -0.25) is 4.68 Å². The monoisotopic (exact) mass is 323 g/mol. The smallest absolute Gasteiger partial charge is 0.318 e. The van der Waals surface area contributed by atoms with Crippen molar-refractivity contribution in [3.05, 3.63) is 29.2 Å². The summed E-state index contributed by atoms with van der Waals surface area (Å²) in [7, 11) is 3.41. The Morgan fingerprint density at radius 1 is 1.45 bits per heavy atom. The first-order chi connectivity index (χ1) is 10.7. The van der Waals surface area contributed by atoms with Gasteiger partial charge in [-0.1, -0.05) is 11.6 Å². The molecule has 0 aliphatic carbocycles. The largest absolute Gasteiger partial charge is 0.467 e. The van der Waals surface area contributed by atoms with Gasteiger partial charge in [-0.15, -0.1) is 0 Å². The molecule has 8 heteroatoms. The fraction of sp³-hybridized carbons (Fsp3) is 0.500. The molecule has 0 bridgehead atoms. The average Bonchev–Trinajstić information content (AvgIpc) is 2.96. The van der Waals surface area contributed by atoms with Gasteiger partial charge in [-0.25, -0.2) is 4.98 Å². The summed E-state index contributed by atoms with van der Waals surface area (Å²) < 4.78 is 12.7. The minimum atomic E-state index is -0.0838. The topological polar surface area (TPSA) is 74.1 Å². The van der Waals surface area contributed by atoms with Crippen LogP contribution in [-0.4, -0.2) is 39.5 Å². The number of aromatic nitrogens is 4. The number of rotatable bonds is 4. The van der Waals surface area contributed by atoms with Crippen molar-refractivity contribution in [2.24, 2.45) is 7.05 Å². The first-order valence-electron chi connectivity index (χ1n) is 7.10. The lowest BCUT2D eigenvalue weighted by Crippen LogP contribution is -2.34. The molecule has 2 aromatic rings. The van der Waals surface area contributed by atoms with E-state index in [1.807, 2.05) is 19.4 Å². The zero-order valence-corrected chi connectivity index (χ0v) is 13.2. The Labute approximate surface area is 133 Å². The molecule has 2 atom stereocenters. The molecule has 1 aliphatic heterocycles. The summed E-state index contributed by atoms with van der Waals surface area (Å²) in [5.41, 5.74) is 1.04. The van der Waals surface area contributed by atoms with Crippen LogP contribution in [0.25, 0.3) is 0 Å². The molecule has 0 amide bonds. The van der Waals surface area contributed by atoms with Crippen LogP contribution in [0.1, 0.15) is 24.5 Å². The summed E-state index contributed by atoms with van der Waals surface area (Å²) in [6.07, 6.45) is 7.17. The van der Waals surface area contributed by atoms with Crippen molar-refractivity contribution in [3.8, 4) is 6.01 Å². The number of ether oxygens (including phenoxy) is 2. The molecule has 1 fully saturated rings. The molecule has 0 unspecified atom stereocenters. The second kappa shape index (κ2) is 6.50. The highest BCUT2D eigenvalue weighted by Crippen LogP contribution is 2.32. The van der Waals surface area contributed by atoms with Gasteiger partial charge in [0.25, 0.3) is 0 Å². The van der Waals surface area contributed by atoms with Crippen molar-refractivity contribution in [2.75, 3.05) is 19.0 Å². The van der Waals surface area contributed by atoms with Crippen LogP contribution >= 0.6 is 11.6 Å². The minimum absolute atomic E-state index is 0.0649. The lowest BCUT2D eigenvalue weighted by Gasteiger charge is -2.32. The minimum Gasteiger partial charge on any atom is -0.467 e. The number of nitrogens with zero attached hydrogens (tertiary/aromatic N) is 4. The molecule has 2 aromatic heterocycles. The predicted molar refractivity (Wildman–Crippen MR) is 82.1 cm³/mol. The summed E-state index contributed by atoms with van der Waals surface area (Å²) in [5, 5.41) is 8.03. The number of hydrogen-bond donors (Lipinski definition) is 1. The molecule has 118 valence electrons. The summed E-state index contributed by atoms with van der Waals surface area (Å²) in [6, 6.07) is 0.344. The fourth-order valence-corrected chi connectivity index (χ4v) is 2.72. The highest BCUT2D eigenvalue weighted by Gasteiger charge is 2.29. The van der Waals surface area contributed by atoms with Crippen molar-refractivity contribution in [3.63, 3.8) is 0 Å². The van der Waals surface area contributed by atoms with E-state index in [2.05, 4.69) is 20.4 Å². The highest BCUT2D eigenvalue weighted by molar-refractivity contribution is 6.32. The number of hydrogen-bond acceptors (Lipinski definition) is 6. The molecule has 1 saturated heterocycles. The van der Waals surface area contributed by atoms with E-state index in [4.69, 9.17) is 21.1 Å². The zero-order valence-electron chi connectivity index (χ0n) is 12.5. The molecule has 3 rings (SSSR count). The molecule has 1 N–H and O–H groups in total. The van der Waals surface area contributed by atoms with Gasteiger partial charge in [-0.2, -0.15) is 10.1 Å². The van der Waals surface area contributed by atoms with Crippen molar-refractivity contribution in [1.29, 1.82) is 0 Å². The van der Waals surface area contributed by atoms with Crippen molar-refractivity contribution in [1.82, 2.24) is 19.7 Å². The summed E-state index contributed by atoms with van der Waals surface area (Å²) in [6.45, 7) is 0.735. The van der Waals surface area contributed by atoms with Crippen LogP contribution in [0.15, 0.2) is 18.6 Å². The van der Waals surface area contributed by atoms with E-state index in [0.717, 1.165) is 25.0 Å². The van der Waals surface area contributed by atoms with Gasteiger partial charge >= 0.3 is 6.01 Å². The SMILES string of the molecule is COc1ncc(Cl)c(N[C@H]2CCCO[C@@H]2c2cnn(C)c2)n1. The Balaban J connectivity index is 1.82. The molecule has 1 aliphatic rings. The summed E-state index contributed by atoms with van der Waals surface area (Å²) in [5.74, 6) is 0.554. The van der Waals surface area contributed by atoms with E-state index < -0.39 is 0 Å². The maximum Gasteiger partial charge on any atom is 0.318 e. The Morgan fingerprint density at radius 2 is 2.32 bits per heavy atom. The van der Waals surface area contributed by atoms with Gasteiger partial charge in [0.15, 0.2) is 5.82 Å². The Bertz CT molecular complexity index is 648. The van der Waals surface area contributed by atoms with E-state index in [1.165, 1.54) is 13.3 Å². The van der Waals surface area contributed by atoms with Gasteiger partial charge in [0.2, 0.25) is 0 Å². The first kappa shape index (κ1) is 15.1. The number of anilines is 1. The van der Waals surface area contributed by atoms with Crippen LogP contribution in [0, 0.1) is 0 Å². The summed E-state index contributed by atoms with van der Waals surface area (Å²) in [4.78, 5) is 8.25. The van der Waals surface area contributed by atoms with Gasteiger partial charge in [0.05, 0.1) is 25.5 Å². The Hall–Kier alpha value is -1.86. The fourth-order valence-electron chi connectivity index (χ4n) is 2.57. The second-order valence-corrected chi connectivity index (χ2v) is 5.59. The highest BCUT2D eigenvalue weighted by atomic mass is 35.5. The van der Waals surface area contributed by atoms with Gasteiger partial charge < -0.3 is 14.8 Å². The standard InChI is InChI=1S/C14H18ClN5O2/c1-20-8-9(6-17-20)12-11(4-3-5-22-12)18-13-10(15)7-16-14(19-13)21-2/h6-8,11-12H,3-5H2,1-2H3,(H,16,18,19)/t11-,12+/m0/s1. The average molecular weight is 324 g/mol. The van der Waals surface area contributed by atoms with E-state index in [9.17, 15) is 0 Å². The van der Waals surface area contributed by atoms with Crippen LogP contribution in [0.2, 0.25) is 5.02 Å². The molecule has 7 nitrogen and oxygen atoms in total. The maximum absolute atomic E-state index is 6.17. The predicted octanol–water partition coefficient (Wildman–Crippen LogP) is 2.20. The van der Waals surface area contributed by atoms with Crippen molar-refractivity contribution in [2.45, 2.75) is 25.0 Å². The van der Waals surface area contributed by atoms with Crippen molar-refractivity contribution < 1.29 is 9.47 Å². The van der Waals surface area contributed by atoms with Crippen LogP contribution in [0.4, 0.5) is 5.82 Å². The number of halogens is 1. The lowest BCUT2D eigenvalue weighted by molar-refractivity contribution is 0.00550. The molecular weight excluding hydrogens is 306 g/mol. The van der Waals surface area contributed by atoms with Gasteiger partial charge in [0, 0.05) is 25.4 Å². The maximum atomic E-state index is 6.17. The first-order valence-corrected chi connectivity index (χ1v) is 7.48. The molecular formula is C14H18ClN5O2. The Morgan fingerprint density at radius 3 is 3.05 bits per heavy atom. The normalized spacial score (nSPS) is 21.6.